The Morgan fingerprint density at radius 3 is 2.63 bits per heavy atom. The molecule has 1 fully saturated rings. The molecule has 2 aromatic rings. The molecular weight excluding hydrogens is 377 g/mol. The fourth-order valence-corrected chi connectivity index (χ4v) is 4.43. The summed E-state index contributed by atoms with van der Waals surface area (Å²) in [6, 6.07) is 7.28. The van der Waals surface area contributed by atoms with E-state index in [4.69, 9.17) is 0 Å². The second kappa shape index (κ2) is 7.24. The number of aliphatic hydroxyl groups is 1. The van der Waals surface area contributed by atoms with Crippen molar-refractivity contribution in [3.63, 3.8) is 0 Å². The monoisotopic (exact) mass is 398 g/mol. The third-order valence-corrected chi connectivity index (χ3v) is 6.08. The van der Waals surface area contributed by atoms with Gasteiger partial charge < -0.3 is 10.0 Å². The van der Waals surface area contributed by atoms with Gasteiger partial charge in [-0.05, 0) is 37.8 Å². The summed E-state index contributed by atoms with van der Waals surface area (Å²) >= 11 is 0.716. The van der Waals surface area contributed by atoms with E-state index in [1.807, 2.05) is 31.2 Å². The number of aryl methyl sites for hydroxylation is 2. The molecule has 1 aliphatic rings. The van der Waals surface area contributed by atoms with Crippen LogP contribution in [0.1, 0.15) is 47.1 Å². The number of halogens is 3. The first-order valence-corrected chi connectivity index (χ1v) is 9.58. The van der Waals surface area contributed by atoms with Crippen LogP contribution in [0.25, 0.3) is 0 Å². The van der Waals surface area contributed by atoms with Crippen molar-refractivity contribution in [2.75, 3.05) is 6.54 Å². The first kappa shape index (κ1) is 19.8. The van der Waals surface area contributed by atoms with Crippen LogP contribution < -0.4 is 0 Å². The zero-order chi connectivity index (χ0) is 19.8. The first-order chi connectivity index (χ1) is 12.6. The predicted molar refractivity (Wildman–Crippen MR) is 96.3 cm³/mol. The molecule has 4 nitrogen and oxygen atoms in total. The fourth-order valence-electron chi connectivity index (χ4n) is 3.51. The average molecular weight is 398 g/mol. The van der Waals surface area contributed by atoms with Crippen LogP contribution in [-0.2, 0) is 10.4 Å². The van der Waals surface area contributed by atoms with Gasteiger partial charge in [0.2, 0.25) is 11.5 Å². The van der Waals surface area contributed by atoms with E-state index in [1.54, 1.807) is 6.92 Å². The number of carbonyl (C=O) groups is 1. The van der Waals surface area contributed by atoms with E-state index >= 15 is 0 Å². The summed E-state index contributed by atoms with van der Waals surface area (Å²) in [5.74, 6) is -0.714. The van der Waals surface area contributed by atoms with Gasteiger partial charge in [-0.15, -0.1) is 11.3 Å². The van der Waals surface area contributed by atoms with E-state index in [1.165, 1.54) is 10.3 Å². The van der Waals surface area contributed by atoms with Gasteiger partial charge in [-0.25, -0.2) is 4.98 Å². The number of amides is 1. The quantitative estimate of drug-likeness (QED) is 0.837. The van der Waals surface area contributed by atoms with Gasteiger partial charge in [-0.2, -0.15) is 13.2 Å². The van der Waals surface area contributed by atoms with E-state index < -0.39 is 29.1 Å². The minimum atomic E-state index is -5.00. The van der Waals surface area contributed by atoms with Crippen molar-refractivity contribution in [2.45, 2.75) is 50.9 Å². The Bertz CT molecular complexity index is 836. The maximum Gasteiger partial charge on any atom is 0.424 e. The summed E-state index contributed by atoms with van der Waals surface area (Å²) in [7, 11) is 0. The zero-order valence-electron chi connectivity index (χ0n) is 15.1. The molecule has 0 bridgehead atoms. The van der Waals surface area contributed by atoms with Gasteiger partial charge >= 0.3 is 6.18 Å². The SMILES string of the molecule is Cc1csc(C(O)(CC(=O)N2CCCC2c2ccccc2C)C(F)(F)F)n1. The molecule has 0 radical (unpaired) electrons. The number of nitrogens with zero attached hydrogens (tertiary/aromatic N) is 2. The topological polar surface area (TPSA) is 53.4 Å². The number of rotatable bonds is 4. The fraction of sp³-hybridized carbons (Fsp3) is 0.474. The van der Waals surface area contributed by atoms with Crippen LogP contribution in [-0.4, -0.2) is 33.6 Å². The number of hydrogen-bond donors (Lipinski definition) is 1. The van der Waals surface area contributed by atoms with Crippen LogP contribution >= 0.6 is 11.3 Å². The highest BCUT2D eigenvalue weighted by Gasteiger charge is 2.58. The van der Waals surface area contributed by atoms with Crippen molar-refractivity contribution in [1.82, 2.24) is 9.88 Å². The van der Waals surface area contributed by atoms with Crippen LogP contribution in [0.15, 0.2) is 29.6 Å². The van der Waals surface area contributed by atoms with Gasteiger partial charge in [0.05, 0.1) is 12.5 Å². The van der Waals surface area contributed by atoms with Crippen molar-refractivity contribution in [3.8, 4) is 0 Å². The van der Waals surface area contributed by atoms with Crippen molar-refractivity contribution in [2.24, 2.45) is 0 Å². The number of benzene rings is 1. The van der Waals surface area contributed by atoms with Crippen molar-refractivity contribution < 1.29 is 23.1 Å². The van der Waals surface area contributed by atoms with Crippen LogP contribution in [0.4, 0.5) is 13.2 Å². The smallest absolute Gasteiger partial charge is 0.374 e. The van der Waals surface area contributed by atoms with E-state index in [0.29, 0.717) is 36.4 Å². The number of aromatic nitrogens is 1. The van der Waals surface area contributed by atoms with Crippen LogP contribution in [0, 0.1) is 13.8 Å². The standard InChI is InChI=1S/C19H21F3N2O2S/c1-12-6-3-4-7-14(12)15-8-5-9-24(15)16(25)10-18(26,19(20,21)22)17-23-13(2)11-27-17/h3-4,6-7,11,15,26H,5,8-10H2,1-2H3. The van der Waals surface area contributed by atoms with Crippen LogP contribution in [0.2, 0.25) is 0 Å². The number of alkyl halides is 3. The number of carbonyl (C=O) groups excluding carboxylic acids is 1. The average Bonchev–Trinajstić information content (AvgIpc) is 3.23. The summed E-state index contributed by atoms with van der Waals surface area (Å²) < 4.78 is 41.0. The number of thiazole rings is 1. The van der Waals surface area contributed by atoms with Gasteiger partial charge in [0.15, 0.2) is 0 Å². The Hall–Kier alpha value is -1.93. The molecule has 1 N–H and O–H groups in total. The molecule has 2 heterocycles. The van der Waals surface area contributed by atoms with Gasteiger partial charge in [0, 0.05) is 17.6 Å². The highest BCUT2D eigenvalue weighted by Crippen LogP contribution is 2.44. The molecule has 27 heavy (non-hydrogen) atoms. The third-order valence-electron chi connectivity index (χ3n) is 4.97. The van der Waals surface area contributed by atoms with Gasteiger partial charge in [0.25, 0.3) is 0 Å². The third kappa shape index (κ3) is 3.73. The Balaban J connectivity index is 1.89. The highest BCUT2D eigenvalue weighted by atomic mass is 32.1. The number of hydrogen-bond acceptors (Lipinski definition) is 4. The summed E-state index contributed by atoms with van der Waals surface area (Å²) in [5, 5.41) is 11.4. The lowest BCUT2D eigenvalue weighted by Crippen LogP contribution is -2.47. The van der Waals surface area contributed by atoms with Crippen molar-refractivity contribution >= 4 is 17.2 Å². The molecule has 1 aliphatic heterocycles. The lowest BCUT2D eigenvalue weighted by molar-refractivity contribution is -0.268. The first-order valence-electron chi connectivity index (χ1n) is 8.70. The molecule has 1 aromatic carbocycles. The van der Waals surface area contributed by atoms with E-state index in [9.17, 15) is 23.1 Å². The second-order valence-electron chi connectivity index (χ2n) is 6.93. The van der Waals surface area contributed by atoms with Crippen molar-refractivity contribution in [1.29, 1.82) is 0 Å². The molecule has 3 rings (SSSR count). The Morgan fingerprint density at radius 1 is 1.33 bits per heavy atom. The lowest BCUT2D eigenvalue weighted by Gasteiger charge is -2.32. The molecule has 2 atom stereocenters. The van der Waals surface area contributed by atoms with E-state index in [0.717, 1.165) is 11.1 Å². The molecule has 1 saturated heterocycles. The van der Waals surface area contributed by atoms with E-state index in [-0.39, 0.29) is 6.04 Å². The molecule has 2 unspecified atom stereocenters. The minimum Gasteiger partial charge on any atom is -0.374 e. The Morgan fingerprint density at radius 2 is 2.04 bits per heavy atom. The maximum absolute atomic E-state index is 13.7. The van der Waals surface area contributed by atoms with Crippen LogP contribution in [0.5, 0.6) is 0 Å². The summed E-state index contributed by atoms with van der Waals surface area (Å²) in [5.41, 5.74) is -0.973. The molecular formula is C19H21F3N2O2S. The summed E-state index contributed by atoms with van der Waals surface area (Å²) in [6.07, 6.45) is -4.65. The van der Waals surface area contributed by atoms with Gasteiger partial charge in [0.1, 0.15) is 5.01 Å². The largest absolute Gasteiger partial charge is 0.424 e. The molecule has 0 aliphatic carbocycles. The molecule has 1 aromatic heterocycles. The van der Waals surface area contributed by atoms with Crippen LogP contribution in [0.3, 0.4) is 0 Å². The van der Waals surface area contributed by atoms with Gasteiger partial charge in [-0.3, -0.25) is 4.79 Å². The number of likely N-dealkylation sites (tertiary alicyclic amines) is 1. The lowest BCUT2D eigenvalue weighted by atomic mass is 9.96. The predicted octanol–water partition coefficient (Wildman–Crippen LogP) is 4.26. The normalized spacial score (nSPS) is 19.9. The summed E-state index contributed by atoms with van der Waals surface area (Å²) in [4.78, 5) is 18.1. The van der Waals surface area contributed by atoms with Gasteiger partial charge in [-0.1, -0.05) is 24.3 Å². The Labute approximate surface area is 159 Å². The highest BCUT2D eigenvalue weighted by molar-refractivity contribution is 7.09. The Kier molecular flexibility index (Phi) is 5.31. The molecule has 146 valence electrons. The van der Waals surface area contributed by atoms with E-state index in [2.05, 4.69) is 4.98 Å². The van der Waals surface area contributed by atoms with Crippen molar-refractivity contribution in [3.05, 3.63) is 51.5 Å². The molecule has 1 amide bonds. The minimum absolute atomic E-state index is 0.269. The second-order valence-corrected chi connectivity index (χ2v) is 7.79. The summed E-state index contributed by atoms with van der Waals surface area (Å²) in [6.45, 7) is 3.84. The molecule has 0 saturated carbocycles. The maximum atomic E-state index is 13.7. The molecule has 8 heteroatoms. The zero-order valence-corrected chi connectivity index (χ0v) is 15.9. The molecule has 0 spiro atoms.